The highest BCUT2D eigenvalue weighted by molar-refractivity contribution is 9.10. The van der Waals surface area contributed by atoms with Crippen LogP contribution >= 0.6 is 15.9 Å². The SMILES string of the molecule is CCN(CC)Cc1cccc(CNC(=O)c2cc(F)cc(Br)c2)c1. The second-order valence-electron chi connectivity index (χ2n) is 5.62. The lowest BCUT2D eigenvalue weighted by molar-refractivity contribution is 0.0950. The van der Waals surface area contributed by atoms with Crippen molar-refractivity contribution in [2.24, 2.45) is 0 Å². The fraction of sp³-hybridized carbons (Fsp3) is 0.316. The van der Waals surface area contributed by atoms with Crippen LogP contribution in [0, 0.1) is 5.82 Å². The number of benzene rings is 2. The Kier molecular flexibility index (Phi) is 6.94. The van der Waals surface area contributed by atoms with Crippen LogP contribution in [-0.2, 0) is 13.1 Å². The van der Waals surface area contributed by atoms with Crippen LogP contribution in [-0.4, -0.2) is 23.9 Å². The highest BCUT2D eigenvalue weighted by atomic mass is 79.9. The number of rotatable bonds is 7. The topological polar surface area (TPSA) is 32.3 Å². The molecule has 3 nitrogen and oxygen atoms in total. The summed E-state index contributed by atoms with van der Waals surface area (Å²) in [6.45, 7) is 7.61. The second kappa shape index (κ2) is 8.94. The molecular weight excluding hydrogens is 371 g/mol. The summed E-state index contributed by atoms with van der Waals surface area (Å²) < 4.78 is 13.9. The molecule has 0 aliphatic carbocycles. The third-order valence-corrected chi connectivity index (χ3v) is 4.33. The zero-order valence-corrected chi connectivity index (χ0v) is 15.6. The average molecular weight is 393 g/mol. The molecule has 2 rings (SSSR count). The quantitative estimate of drug-likeness (QED) is 0.758. The van der Waals surface area contributed by atoms with Crippen LogP contribution < -0.4 is 5.32 Å². The van der Waals surface area contributed by atoms with E-state index in [2.05, 4.69) is 52.1 Å². The van der Waals surface area contributed by atoms with Gasteiger partial charge in [-0.1, -0.05) is 54.0 Å². The molecule has 0 aromatic heterocycles. The minimum atomic E-state index is -0.434. The van der Waals surface area contributed by atoms with E-state index in [0.717, 1.165) is 25.2 Å². The first-order valence-electron chi connectivity index (χ1n) is 8.06. The molecule has 0 aliphatic heterocycles. The number of nitrogens with zero attached hydrogens (tertiary/aromatic N) is 1. The van der Waals surface area contributed by atoms with Crippen LogP contribution in [0.15, 0.2) is 46.9 Å². The van der Waals surface area contributed by atoms with Crippen molar-refractivity contribution in [3.05, 3.63) is 69.4 Å². The van der Waals surface area contributed by atoms with E-state index >= 15 is 0 Å². The van der Waals surface area contributed by atoms with Gasteiger partial charge in [0, 0.05) is 23.1 Å². The summed E-state index contributed by atoms with van der Waals surface area (Å²) in [6, 6.07) is 12.3. The van der Waals surface area contributed by atoms with E-state index in [4.69, 9.17) is 0 Å². The van der Waals surface area contributed by atoms with Crippen LogP contribution in [0.25, 0.3) is 0 Å². The van der Waals surface area contributed by atoms with Gasteiger partial charge in [0.15, 0.2) is 0 Å². The highest BCUT2D eigenvalue weighted by Crippen LogP contribution is 2.15. The normalized spacial score (nSPS) is 10.9. The minimum Gasteiger partial charge on any atom is -0.348 e. The smallest absolute Gasteiger partial charge is 0.251 e. The molecular formula is C19H22BrFN2O. The van der Waals surface area contributed by atoms with Crippen LogP contribution in [0.1, 0.15) is 35.3 Å². The summed E-state index contributed by atoms with van der Waals surface area (Å²) in [6.07, 6.45) is 0. The molecule has 0 saturated carbocycles. The first-order chi connectivity index (χ1) is 11.5. The van der Waals surface area contributed by atoms with Crippen molar-refractivity contribution in [2.75, 3.05) is 13.1 Å². The van der Waals surface area contributed by atoms with Gasteiger partial charge >= 0.3 is 0 Å². The van der Waals surface area contributed by atoms with Crippen LogP contribution in [0.5, 0.6) is 0 Å². The Hall–Kier alpha value is -1.72. The highest BCUT2D eigenvalue weighted by Gasteiger charge is 2.08. The molecule has 0 heterocycles. The molecule has 128 valence electrons. The maximum absolute atomic E-state index is 13.4. The molecule has 0 radical (unpaired) electrons. The summed E-state index contributed by atoms with van der Waals surface area (Å²) in [7, 11) is 0. The molecule has 2 aromatic rings. The third-order valence-electron chi connectivity index (χ3n) is 3.87. The summed E-state index contributed by atoms with van der Waals surface area (Å²) in [5.74, 6) is -0.722. The van der Waals surface area contributed by atoms with Crippen molar-refractivity contribution in [3.8, 4) is 0 Å². The molecule has 0 bridgehead atoms. The minimum absolute atomic E-state index is 0.288. The molecule has 0 aliphatic rings. The van der Waals surface area contributed by atoms with Gasteiger partial charge in [-0.3, -0.25) is 9.69 Å². The van der Waals surface area contributed by atoms with E-state index in [1.165, 1.54) is 17.7 Å². The van der Waals surface area contributed by atoms with E-state index in [1.807, 2.05) is 12.1 Å². The molecule has 0 spiro atoms. The van der Waals surface area contributed by atoms with Crippen LogP contribution in [0.2, 0.25) is 0 Å². The van der Waals surface area contributed by atoms with Gasteiger partial charge in [-0.2, -0.15) is 0 Å². The van der Waals surface area contributed by atoms with E-state index in [1.54, 1.807) is 6.07 Å². The van der Waals surface area contributed by atoms with E-state index in [0.29, 0.717) is 16.6 Å². The Bertz CT molecular complexity index is 681. The number of hydrogen-bond donors (Lipinski definition) is 1. The fourth-order valence-electron chi connectivity index (χ4n) is 2.51. The lowest BCUT2D eigenvalue weighted by Gasteiger charge is -2.18. The maximum Gasteiger partial charge on any atom is 0.251 e. The Morgan fingerprint density at radius 1 is 1.12 bits per heavy atom. The number of nitrogens with one attached hydrogen (secondary N) is 1. The fourth-order valence-corrected chi connectivity index (χ4v) is 2.98. The third kappa shape index (κ3) is 5.42. The van der Waals surface area contributed by atoms with Gasteiger partial charge in [-0.15, -0.1) is 0 Å². The van der Waals surface area contributed by atoms with Gasteiger partial charge in [0.2, 0.25) is 0 Å². The zero-order chi connectivity index (χ0) is 17.5. The van der Waals surface area contributed by atoms with Crippen LogP contribution in [0.3, 0.4) is 0 Å². The molecule has 2 aromatic carbocycles. The van der Waals surface area contributed by atoms with Crippen molar-refractivity contribution in [3.63, 3.8) is 0 Å². The monoisotopic (exact) mass is 392 g/mol. The molecule has 0 saturated heterocycles. The van der Waals surface area contributed by atoms with Gasteiger partial charge < -0.3 is 5.32 Å². The molecule has 5 heteroatoms. The predicted molar refractivity (Wildman–Crippen MR) is 98.3 cm³/mol. The molecule has 1 amide bonds. The summed E-state index contributed by atoms with van der Waals surface area (Å²) in [4.78, 5) is 14.5. The molecule has 0 atom stereocenters. The lowest BCUT2D eigenvalue weighted by atomic mass is 10.1. The van der Waals surface area contributed by atoms with Gasteiger partial charge in [0.25, 0.3) is 5.91 Å². The zero-order valence-electron chi connectivity index (χ0n) is 14.0. The molecule has 24 heavy (non-hydrogen) atoms. The van der Waals surface area contributed by atoms with Crippen molar-refractivity contribution in [2.45, 2.75) is 26.9 Å². The lowest BCUT2D eigenvalue weighted by Crippen LogP contribution is -2.24. The Morgan fingerprint density at radius 3 is 2.50 bits per heavy atom. The summed E-state index contributed by atoms with van der Waals surface area (Å²) >= 11 is 3.20. The summed E-state index contributed by atoms with van der Waals surface area (Å²) in [5, 5.41) is 2.84. The second-order valence-corrected chi connectivity index (χ2v) is 6.54. The van der Waals surface area contributed by atoms with Crippen LogP contribution in [0.4, 0.5) is 4.39 Å². The number of amides is 1. The number of carbonyl (C=O) groups excluding carboxylic acids is 1. The molecule has 0 fully saturated rings. The number of carbonyl (C=O) groups is 1. The van der Waals surface area contributed by atoms with Gasteiger partial charge in [-0.25, -0.2) is 4.39 Å². The van der Waals surface area contributed by atoms with Crippen molar-refractivity contribution >= 4 is 21.8 Å². The van der Waals surface area contributed by atoms with Crippen molar-refractivity contribution in [1.82, 2.24) is 10.2 Å². The van der Waals surface area contributed by atoms with E-state index in [9.17, 15) is 9.18 Å². The predicted octanol–water partition coefficient (Wildman–Crippen LogP) is 4.36. The first kappa shape index (κ1) is 18.6. The van der Waals surface area contributed by atoms with Crippen molar-refractivity contribution in [1.29, 1.82) is 0 Å². The largest absolute Gasteiger partial charge is 0.348 e. The Labute approximate surface area is 151 Å². The Morgan fingerprint density at radius 2 is 1.83 bits per heavy atom. The standard InChI is InChI=1S/C19H22BrFN2O/c1-3-23(4-2)13-15-7-5-6-14(8-15)12-22-19(24)16-9-17(20)11-18(21)10-16/h5-11H,3-4,12-13H2,1-2H3,(H,22,24). The Balaban J connectivity index is 2.00. The van der Waals surface area contributed by atoms with Gasteiger partial charge in [0.05, 0.1) is 0 Å². The first-order valence-corrected chi connectivity index (χ1v) is 8.85. The molecule has 0 unspecified atom stereocenters. The number of hydrogen-bond acceptors (Lipinski definition) is 2. The average Bonchev–Trinajstić information content (AvgIpc) is 2.57. The van der Waals surface area contributed by atoms with E-state index < -0.39 is 5.82 Å². The number of halogens is 2. The van der Waals surface area contributed by atoms with E-state index in [-0.39, 0.29) is 5.91 Å². The van der Waals surface area contributed by atoms with Gasteiger partial charge in [-0.05, 0) is 42.4 Å². The molecule has 1 N–H and O–H groups in total. The van der Waals surface area contributed by atoms with Crippen molar-refractivity contribution < 1.29 is 9.18 Å². The van der Waals surface area contributed by atoms with Gasteiger partial charge in [0.1, 0.15) is 5.82 Å². The summed E-state index contributed by atoms with van der Waals surface area (Å²) in [5.41, 5.74) is 2.56. The maximum atomic E-state index is 13.4.